The summed E-state index contributed by atoms with van der Waals surface area (Å²) in [4.78, 5) is 11.8. The fourth-order valence-electron chi connectivity index (χ4n) is 1.63. The minimum atomic E-state index is -0.492. The smallest absolute Gasteiger partial charge is 0.145 e. The Morgan fingerprint density at radius 3 is 2.88 bits per heavy atom. The van der Waals surface area contributed by atoms with E-state index in [1.54, 1.807) is 12.1 Å². The van der Waals surface area contributed by atoms with Crippen LogP contribution in [0, 0.1) is 11.7 Å². The number of carbonyl (C=O) groups is 1. The highest BCUT2D eigenvalue weighted by molar-refractivity contribution is 6.30. The van der Waals surface area contributed by atoms with Gasteiger partial charge in [-0.2, -0.15) is 0 Å². The Labute approximate surface area is 106 Å². The van der Waals surface area contributed by atoms with Crippen molar-refractivity contribution in [1.29, 1.82) is 0 Å². The number of carbonyl (C=O) groups excluding carboxylic acids is 1. The number of hydrogen-bond acceptors (Lipinski definition) is 2. The van der Waals surface area contributed by atoms with Crippen molar-refractivity contribution in [1.82, 2.24) is 0 Å². The Morgan fingerprint density at radius 1 is 1.53 bits per heavy atom. The van der Waals surface area contributed by atoms with Crippen molar-refractivity contribution in [3.8, 4) is 0 Å². The third kappa shape index (κ3) is 4.10. The lowest BCUT2D eigenvalue weighted by Crippen LogP contribution is -2.16. The van der Waals surface area contributed by atoms with Gasteiger partial charge in [-0.15, -0.1) is 0 Å². The molecule has 0 saturated heterocycles. The summed E-state index contributed by atoms with van der Waals surface area (Å²) in [6.45, 7) is 2.42. The van der Waals surface area contributed by atoms with E-state index in [1.165, 1.54) is 6.07 Å². The molecule has 0 bridgehead atoms. The van der Waals surface area contributed by atoms with E-state index in [2.05, 4.69) is 0 Å². The highest BCUT2D eigenvalue weighted by Gasteiger charge is 2.16. The van der Waals surface area contributed by atoms with E-state index in [-0.39, 0.29) is 23.1 Å². The number of Topliss-reactive ketones (excluding diaryl/α,β-unsaturated/α-hetero) is 1. The maximum atomic E-state index is 13.6. The number of benzene rings is 1. The van der Waals surface area contributed by atoms with Crippen LogP contribution in [0.15, 0.2) is 18.2 Å². The maximum Gasteiger partial charge on any atom is 0.145 e. The molecule has 0 aliphatic heterocycles. The molecule has 1 aromatic rings. The fourth-order valence-corrected chi connectivity index (χ4v) is 1.83. The number of nitrogens with two attached hydrogens (primary N) is 1. The summed E-state index contributed by atoms with van der Waals surface area (Å²) >= 11 is 5.66. The predicted octanol–water partition coefficient (Wildman–Crippen LogP) is 2.97. The SMILES string of the molecule is CC(CCCN)C(=O)Cc1cccc(Cl)c1F. The van der Waals surface area contributed by atoms with Gasteiger partial charge in [0.2, 0.25) is 0 Å². The molecule has 1 atom stereocenters. The van der Waals surface area contributed by atoms with Gasteiger partial charge in [0.15, 0.2) is 0 Å². The average Bonchev–Trinajstić information content (AvgIpc) is 2.31. The van der Waals surface area contributed by atoms with E-state index in [1.807, 2.05) is 6.92 Å². The zero-order valence-electron chi connectivity index (χ0n) is 9.88. The molecule has 0 saturated carbocycles. The Bertz CT molecular complexity index is 395. The van der Waals surface area contributed by atoms with E-state index in [0.29, 0.717) is 12.1 Å². The predicted molar refractivity (Wildman–Crippen MR) is 67.6 cm³/mol. The molecule has 0 radical (unpaired) electrons. The van der Waals surface area contributed by atoms with Gasteiger partial charge < -0.3 is 5.73 Å². The number of ketones is 1. The minimum absolute atomic E-state index is 0.0274. The average molecular weight is 258 g/mol. The minimum Gasteiger partial charge on any atom is -0.330 e. The Kier molecular flexibility index (Phi) is 5.59. The summed E-state index contributed by atoms with van der Waals surface area (Å²) in [5.74, 6) is -0.551. The molecule has 0 heterocycles. The first kappa shape index (κ1) is 14.1. The van der Waals surface area contributed by atoms with Gasteiger partial charge in [0.05, 0.1) is 5.02 Å². The van der Waals surface area contributed by atoms with E-state index >= 15 is 0 Å². The van der Waals surface area contributed by atoms with Crippen LogP contribution in [-0.4, -0.2) is 12.3 Å². The third-order valence-electron chi connectivity index (χ3n) is 2.79. The molecule has 2 N–H and O–H groups in total. The van der Waals surface area contributed by atoms with Crippen LogP contribution in [0.3, 0.4) is 0 Å². The van der Waals surface area contributed by atoms with E-state index < -0.39 is 5.82 Å². The topological polar surface area (TPSA) is 43.1 Å². The quantitative estimate of drug-likeness (QED) is 0.851. The third-order valence-corrected chi connectivity index (χ3v) is 3.08. The second-order valence-electron chi connectivity index (χ2n) is 4.19. The van der Waals surface area contributed by atoms with Crippen molar-refractivity contribution in [3.63, 3.8) is 0 Å². The Balaban J connectivity index is 2.64. The van der Waals surface area contributed by atoms with Crippen LogP contribution in [0.2, 0.25) is 5.02 Å². The molecule has 4 heteroatoms. The second-order valence-corrected chi connectivity index (χ2v) is 4.60. The molecule has 17 heavy (non-hydrogen) atoms. The van der Waals surface area contributed by atoms with Gasteiger partial charge in [0.1, 0.15) is 11.6 Å². The highest BCUT2D eigenvalue weighted by atomic mass is 35.5. The standard InChI is InChI=1S/C13H17ClFNO/c1-9(4-3-7-16)12(17)8-10-5-2-6-11(14)13(10)15/h2,5-6,9H,3-4,7-8,16H2,1H3. The summed E-state index contributed by atoms with van der Waals surface area (Å²) in [5.41, 5.74) is 5.75. The van der Waals surface area contributed by atoms with Crippen LogP contribution in [0.1, 0.15) is 25.3 Å². The van der Waals surface area contributed by atoms with Crippen LogP contribution in [0.4, 0.5) is 4.39 Å². The van der Waals surface area contributed by atoms with Crippen LogP contribution >= 0.6 is 11.6 Å². The number of hydrogen-bond donors (Lipinski definition) is 1. The molecule has 0 fully saturated rings. The Hall–Kier alpha value is -0.930. The molecule has 0 spiro atoms. The van der Waals surface area contributed by atoms with Crippen molar-refractivity contribution in [2.45, 2.75) is 26.2 Å². The van der Waals surface area contributed by atoms with Gasteiger partial charge >= 0.3 is 0 Å². The molecule has 2 nitrogen and oxygen atoms in total. The van der Waals surface area contributed by atoms with Crippen LogP contribution in [0.5, 0.6) is 0 Å². The molecule has 94 valence electrons. The zero-order valence-corrected chi connectivity index (χ0v) is 10.6. The van der Waals surface area contributed by atoms with Gasteiger partial charge in [-0.1, -0.05) is 30.7 Å². The van der Waals surface area contributed by atoms with Gasteiger partial charge in [0, 0.05) is 12.3 Å². The first-order chi connectivity index (χ1) is 8.06. The normalized spacial score (nSPS) is 12.5. The van der Waals surface area contributed by atoms with Gasteiger partial charge in [-0.25, -0.2) is 4.39 Å². The fraction of sp³-hybridized carbons (Fsp3) is 0.462. The van der Waals surface area contributed by atoms with Gasteiger partial charge in [-0.05, 0) is 31.0 Å². The van der Waals surface area contributed by atoms with Crippen molar-refractivity contribution >= 4 is 17.4 Å². The molecule has 1 unspecified atom stereocenters. The van der Waals surface area contributed by atoms with Gasteiger partial charge in [0.25, 0.3) is 0 Å². The first-order valence-corrected chi connectivity index (χ1v) is 6.09. The summed E-state index contributed by atoms with van der Waals surface area (Å²) in [5, 5.41) is 0.0601. The molecule has 0 amide bonds. The molecule has 0 aliphatic rings. The summed E-state index contributed by atoms with van der Waals surface area (Å²) in [6.07, 6.45) is 1.65. The molecule has 0 aliphatic carbocycles. The summed E-state index contributed by atoms with van der Waals surface area (Å²) < 4.78 is 13.6. The first-order valence-electron chi connectivity index (χ1n) is 5.72. The van der Waals surface area contributed by atoms with Crippen molar-refractivity contribution in [2.24, 2.45) is 11.7 Å². The lowest BCUT2D eigenvalue weighted by Gasteiger charge is -2.10. The molecule has 1 aromatic carbocycles. The monoisotopic (exact) mass is 257 g/mol. The van der Waals surface area contributed by atoms with Gasteiger partial charge in [-0.3, -0.25) is 4.79 Å². The summed E-state index contributed by atoms with van der Waals surface area (Å²) in [7, 11) is 0. The zero-order chi connectivity index (χ0) is 12.8. The van der Waals surface area contributed by atoms with Crippen molar-refractivity contribution < 1.29 is 9.18 Å². The molecular formula is C13H17ClFNO. The largest absolute Gasteiger partial charge is 0.330 e. The Morgan fingerprint density at radius 2 is 2.24 bits per heavy atom. The molecular weight excluding hydrogens is 241 g/mol. The molecule has 1 rings (SSSR count). The number of halogens is 2. The lowest BCUT2D eigenvalue weighted by molar-refractivity contribution is -0.121. The lowest BCUT2D eigenvalue weighted by atomic mass is 9.95. The van der Waals surface area contributed by atoms with Crippen LogP contribution < -0.4 is 5.73 Å². The van der Waals surface area contributed by atoms with Crippen LogP contribution in [-0.2, 0) is 11.2 Å². The van der Waals surface area contributed by atoms with E-state index in [0.717, 1.165) is 12.8 Å². The van der Waals surface area contributed by atoms with Crippen LogP contribution in [0.25, 0.3) is 0 Å². The summed E-state index contributed by atoms with van der Waals surface area (Å²) in [6, 6.07) is 4.72. The van der Waals surface area contributed by atoms with E-state index in [4.69, 9.17) is 17.3 Å². The van der Waals surface area contributed by atoms with E-state index in [9.17, 15) is 9.18 Å². The number of rotatable bonds is 6. The second kappa shape index (κ2) is 6.72. The maximum absolute atomic E-state index is 13.6. The highest BCUT2D eigenvalue weighted by Crippen LogP contribution is 2.20. The van der Waals surface area contributed by atoms with Crippen molar-refractivity contribution in [2.75, 3.05) is 6.54 Å². The van der Waals surface area contributed by atoms with Crippen molar-refractivity contribution in [3.05, 3.63) is 34.6 Å². The molecule has 0 aromatic heterocycles.